The minimum atomic E-state index is 0. The van der Waals surface area contributed by atoms with Crippen molar-refractivity contribution in [2.24, 2.45) is 5.92 Å². The summed E-state index contributed by atoms with van der Waals surface area (Å²) >= 11 is 10.0. The van der Waals surface area contributed by atoms with Crippen molar-refractivity contribution >= 4 is 52.3 Å². The molecule has 0 unspecified atom stereocenters. The number of halogens is 4. The van der Waals surface area contributed by atoms with Crippen LogP contribution < -0.4 is 5.32 Å². The molecule has 1 heterocycles. The SMILES string of the molecule is CC(C)CC[C@H](c1cc(Br)ccc1Cl)N1CCNCC1.Cl.Cl. The Kier molecular flexibility index (Phi) is 11.4. The van der Waals surface area contributed by atoms with Crippen molar-refractivity contribution < 1.29 is 0 Å². The summed E-state index contributed by atoms with van der Waals surface area (Å²) in [7, 11) is 0. The largest absolute Gasteiger partial charge is 0.314 e. The fourth-order valence-electron chi connectivity index (χ4n) is 2.79. The average molecular weight is 433 g/mol. The van der Waals surface area contributed by atoms with Crippen molar-refractivity contribution in [1.29, 1.82) is 0 Å². The molecule has 6 heteroatoms. The zero-order valence-electron chi connectivity index (χ0n) is 13.1. The van der Waals surface area contributed by atoms with E-state index in [1.165, 1.54) is 18.4 Å². The van der Waals surface area contributed by atoms with E-state index in [2.05, 4.69) is 46.1 Å². The average Bonchev–Trinajstić information content (AvgIpc) is 2.43. The predicted molar refractivity (Wildman–Crippen MR) is 105 cm³/mol. The first-order valence-corrected chi connectivity index (χ1v) is 8.64. The van der Waals surface area contributed by atoms with Gasteiger partial charge < -0.3 is 5.32 Å². The molecule has 1 saturated heterocycles. The fraction of sp³-hybridized carbons (Fsp3) is 0.625. The van der Waals surface area contributed by atoms with Gasteiger partial charge in [0.25, 0.3) is 0 Å². The molecular weight excluding hydrogens is 406 g/mol. The van der Waals surface area contributed by atoms with Crippen molar-refractivity contribution in [3.8, 4) is 0 Å². The molecular formula is C16H26BrCl3N2. The van der Waals surface area contributed by atoms with Gasteiger partial charge in [-0.3, -0.25) is 4.90 Å². The quantitative estimate of drug-likeness (QED) is 0.677. The lowest BCUT2D eigenvalue weighted by atomic mass is 9.95. The predicted octanol–water partition coefficient (Wildman–Crippen LogP) is 5.33. The highest BCUT2D eigenvalue weighted by molar-refractivity contribution is 9.10. The third kappa shape index (κ3) is 6.54. The van der Waals surface area contributed by atoms with Crippen LogP contribution in [0.25, 0.3) is 0 Å². The van der Waals surface area contributed by atoms with Crippen LogP contribution in [0.15, 0.2) is 22.7 Å². The topological polar surface area (TPSA) is 15.3 Å². The molecule has 2 rings (SSSR count). The molecule has 1 aromatic rings. The van der Waals surface area contributed by atoms with E-state index in [4.69, 9.17) is 11.6 Å². The molecule has 1 aliphatic heterocycles. The Bertz CT molecular complexity index is 437. The second-order valence-electron chi connectivity index (χ2n) is 5.94. The van der Waals surface area contributed by atoms with Crippen LogP contribution in [0.2, 0.25) is 5.02 Å². The van der Waals surface area contributed by atoms with E-state index in [-0.39, 0.29) is 24.8 Å². The third-order valence-corrected chi connectivity index (χ3v) is 4.76. The smallest absolute Gasteiger partial charge is 0.0454 e. The molecule has 0 aliphatic carbocycles. The van der Waals surface area contributed by atoms with Crippen LogP contribution in [-0.2, 0) is 0 Å². The lowest BCUT2D eigenvalue weighted by molar-refractivity contribution is 0.160. The highest BCUT2D eigenvalue weighted by atomic mass is 79.9. The van der Waals surface area contributed by atoms with Crippen LogP contribution in [0.5, 0.6) is 0 Å². The van der Waals surface area contributed by atoms with Gasteiger partial charge >= 0.3 is 0 Å². The minimum absolute atomic E-state index is 0. The van der Waals surface area contributed by atoms with Gasteiger partial charge in [-0.25, -0.2) is 0 Å². The summed E-state index contributed by atoms with van der Waals surface area (Å²) in [6, 6.07) is 6.65. The zero-order chi connectivity index (χ0) is 14.5. The van der Waals surface area contributed by atoms with Gasteiger partial charge in [-0.1, -0.05) is 41.4 Å². The monoisotopic (exact) mass is 430 g/mol. The molecule has 0 bridgehead atoms. The van der Waals surface area contributed by atoms with Gasteiger partial charge in [0.05, 0.1) is 0 Å². The number of hydrogen-bond acceptors (Lipinski definition) is 2. The van der Waals surface area contributed by atoms with E-state index in [1.54, 1.807) is 0 Å². The highest BCUT2D eigenvalue weighted by Crippen LogP contribution is 2.34. The number of rotatable bonds is 5. The maximum Gasteiger partial charge on any atom is 0.0454 e. The molecule has 0 saturated carbocycles. The van der Waals surface area contributed by atoms with E-state index < -0.39 is 0 Å². The van der Waals surface area contributed by atoms with Gasteiger partial charge in [-0.15, -0.1) is 24.8 Å². The zero-order valence-corrected chi connectivity index (χ0v) is 17.1. The third-order valence-electron chi connectivity index (χ3n) is 3.93. The molecule has 2 nitrogen and oxygen atoms in total. The second-order valence-corrected chi connectivity index (χ2v) is 7.26. The first kappa shape index (κ1) is 22.5. The van der Waals surface area contributed by atoms with Gasteiger partial charge in [0.1, 0.15) is 0 Å². The lowest BCUT2D eigenvalue weighted by Gasteiger charge is -2.36. The number of piperazine rings is 1. The van der Waals surface area contributed by atoms with Crippen LogP contribution in [0.3, 0.4) is 0 Å². The first-order valence-electron chi connectivity index (χ1n) is 7.47. The summed E-state index contributed by atoms with van der Waals surface area (Å²) in [5.41, 5.74) is 1.27. The fourth-order valence-corrected chi connectivity index (χ4v) is 3.41. The molecule has 0 radical (unpaired) electrons. The molecule has 128 valence electrons. The minimum Gasteiger partial charge on any atom is -0.314 e. The Labute approximate surface area is 160 Å². The Morgan fingerprint density at radius 2 is 1.82 bits per heavy atom. The van der Waals surface area contributed by atoms with Crippen LogP contribution in [0.1, 0.15) is 38.3 Å². The van der Waals surface area contributed by atoms with Crippen molar-refractivity contribution in [2.75, 3.05) is 26.2 Å². The lowest BCUT2D eigenvalue weighted by Crippen LogP contribution is -2.45. The van der Waals surface area contributed by atoms with Crippen LogP contribution >= 0.6 is 52.3 Å². The maximum atomic E-state index is 6.46. The molecule has 1 atom stereocenters. The van der Waals surface area contributed by atoms with Crippen LogP contribution in [-0.4, -0.2) is 31.1 Å². The van der Waals surface area contributed by atoms with Gasteiger partial charge in [0.15, 0.2) is 0 Å². The van der Waals surface area contributed by atoms with Gasteiger partial charge in [-0.05, 0) is 42.5 Å². The summed E-state index contributed by atoms with van der Waals surface area (Å²) in [6.45, 7) is 8.93. The Hall–Kier alpha value is 0.490. The normalized spacial score (nSPS) is 16.8. The second kappa shape index (κ2) is 11.1. The number of benzene rings is 1. The number of nitrogens with zero attached hydrogens (tertiary/aromatic N) is 1. The van der Waals surface area contributed by atoms with E-state index in [0.29, 0.717) is 6.04 Å². The summed E-state index contributed by atoms with van der Waals surface area (Å²) in [5, 5.41) is 4.32. The van der Waals surface area contributed by atoms with Gasteiger partial charge in [0.2, 0.25) is 0 Å². The first-order chi connectivity index (χ1) is 9.58. The molecule has 0 aromatic heterocycles. The summed E-state index contributed by atoms with van der Waals surface area (Å²) in [5.74, 6) is 0.728. The van der Waals surface area contributed by atoms with E-state index in [9.17, 15) is 0 Å². The Morgan fingerprint density at radius 1 is 1.18 bits per heavy atom. The van der Waals surface area contributed by atoms with Crippen molar-refractivity contribution in [2.45, 2.75) is 32.7 Å². The number of nitrogens with one attached hydrogen (secondary N) is 1. The molecule has 1 aliphatic rings. The summed E-state index contributed by atoms with van der Waals surface area (Å²) in [6.07, 6.45) is 2.41. The van der Waals surface area contributed by atoms with Crippen molar-refractivity contribution in [1.82, 2.24) is 10.2 Å². The van der Waals surface area contributed by atoms with Crippen LogP contribution in [0.4, 0.5) is 0 Å². The molecule has 1 N–H and O–H groups in total. The van der Waals surface area contributed by atoms with E-state index in [1.807, 2.05) is 12.1 Å². The Balaban J connectivity index is 0.00000220. The molecule has 1 fully saturated rings. The van der Waals surface area contributed by atoms with Crippen LogP contribution in [0, 0.1) is 5.92 Å². The van der Waals surface area contributed by atoms with E-state index in [0.717, 1.165) is 41.6 Å². The molecule has 1 aromatic carbocycles. The van der Waals surface area contributed by atoms with E-state index >= 15 is 0 Å². The standard InChI is InChI=1S/C16H24BrClN2.2ClH/c1-12(2)3-6-16(20-9-7-19-8-10-20)14-11-13(17)4-5-15(14)18;;/h4-5,11-12,16,19H,3,6-10H2,1-2H3;2*1H/t16-;;/m1../s1. The van der Waals surface area contributed by atoms with Crippen molar-refractivity contribution in [3.63, 3.8) is 0 Å². The molecule has 0 spiro atoms. The summed E-state index contributed by atoms with van der Waals surface area (Å²) < 4.78 is 1.11. The number of hydrogen-bond donors (Lipinski definition) is 1. The Morgan fingerprint density at radius 3 is 2.41 bits per heavy atom. The summed E-state index contributed by atoms with van der Waals surface area (Å²) in [4.78, 5) is 2.58. The van der Waals surface area contributed by atoms with Crippen molar-refractivity contribution in [3.05, 3.63) is 33.3 Å². The van der Waals surface area contributed by atoms with Gasteiger partial charge in [-0.2, -0.15) is 0 Å². The molecule has 22 heavy (non-hydrogen) atoms. The highest BCUT2D eigenvalue weighted by Gasteiger charge is 2.24. The molecule has 0 amide bonds. The maximum absolute atomic E-state index is 6.46. The van der Waals surface area contributed by atoms with Gasteiger partial charge in [0, 0.05) is 41.7 Å².